The van der Waals surface area contributed by atoms with Crippen molar-refractivity contribution >= 4 is 18.1 Å². The topological polar surface area (TPSA) is 24.1 Å². The first-order valence-electron chi connectivity index (χ1n) is 5.99. The van der Waals surface area contributed by atoms with E-state index < -0.39 is 18.3 Å². The van der Waals surface area contributed by atoms with Gasteiger partial charge in [-0.25, -0.2) is 9.82 Å². The molecule has 2 rings (SSSR count). The minimum absolute atomic E-state index is 0.266. The molecule has 0 saturated heterocycles. The number of halogens is 4. The molecule has 20 heavy (non-hydrogen) atoms. The lowest BCUT2D eigenvalue weighted by Crippen LogP contribution is -2.39. The molecule has 2 N–H and O–H groups in total. The average Bonchev–Trinajstić information content (AvgIpc) is 2.40. The third-order valence-corrected chi connectivity index (χ3v) is 2.78. The van der Waals surface area contributed by atoms with Gasteiger partial charge in [0.2, 0.25) is 0 Å². The molecule has 0 spiro atoms. The number of benzene rings is 2. The third-order valence-electron chi connectivity index (χ3n) is 2.78. The van der Waals surface area contributed by atoms with Crippen molar-refractivity contribution < 1.29 is 17.3 Å². The van der Waals surface area contributed by atoms with E-state index in [0.29, 0.717) is 5.69 Å². The van der Waals surface area contributed by atoms with E-state index in [0.717, 1.165) is 18.2 Å². The van der Waals surface area contributed by atoms with Crippen LogP contribution in [0.25, 0.3) is 0 Å². The van der Waals surface area contributed by atoms with Gasteiger partial charge in [-0.3, -0.25) is 0 Å². The predicted octanol–water partition coefficient (Wildman–Crippen LogP) is 3.00. The van der Waals surface area contributed by atoms with Crippen molar-refractivity contribution in [2.75, 3.05) is 5.43 Å². The van der Waals surface area contributed by atoms with Crippen molar-refractivity contribution in [2.45, 2.75) is 6.54 Å². The Bertz CT molecular complexity index is 572. The van der Waals surface area contributed by atoms with Gasteiger partial charge in [-0.15, -0.1) is 5.46 Å². The number of para-hydroxylation sites is 1. The maximum absolute atomic E-state index is 13.5. The van der Waals surface area contributed by atoms with Gasteiger partial charge in [-0.2, -0.15) is 0 Å². The highest BCUT2D eigenvalue weighted by atomic mass is 19.4. The molecule has 0 atom stereocenters. The minimum Gasteiger partial charge on any atom is -0.445 e. The normalized spacial score (nSPS) is 11.4. The van der Waals surface area contributed by atoms with Crippen LogP contribution in [0.15, 0.2) is 48.5 Å². The van der Waals surface area contributed by atoms with Gasteiger partial charge >= 0.3 is 6.98 Å². The second kappa shape index (κ2) is 5.96. The monoisotopic (exact) mass is 283 g/mol. The van der Waals surface area contributed by atoms with Crippen LogP contribution in [-0.4, -0.2) is 6.98 Å². The fraction of sp³-hybridized carbons (Fsp3) is 0.0769. The molecular formula is C13H12BF4N2-. The maximum Gasteiger partial charge on any atom is 0.510 e. The van der Waals surface area contributed by atoms with Crippen molar-refractivity contribution in [1.29, 1.82) is 0 Å². The molecule has 0 saturated carbocycles. The first kappa shape index (κ1) is 14.4. The van der Waals surface area contributed by atoms with Crippen molar-refractivity contribution in [2.24, 2.45) is 0 Å². The van der Waals surface area contributed by atoms with Gasteiger partial charge in [0.25, 0.3) is 0 Å². The Hall–Kier alpha value is -2.02. The van der Waals surface area contributed by atoms with Gasteiger partial charge < -0.3 is 18.4 Å². The van der Waals surface area contributed by atoms with Gasteiger partial charge in [-0.05, 0) is 23.8 Å². The summed E-state index contributed by atoms with van der Waals surface area (Å²) in [5.74, 6) is -0.871. The van der Waals surface area contributed by atoms with Gasteiger partial charge in [0.15, 0.2) is 0 Å². The lowest BCUT2D eigenvalue weighted by atomic mass is 9.76. The lowest BCUT2D eigenvalue weighted by molar-refractivity contribution is 0.497. The summed E-state index contributed by atoms with van der Waals surface area (Å²) in [6, 6.07) is 11.8. The summed E-state index contributed by atoms with van der Waals surface area (Å²) >= 11 is 0. The second-order valence-corrected chi connectivity index (χ2v) is 4.23. The van der Waals surface area contributed by atoms with E-state index in [9.17, 15) is 17.3 Å². The van der Waals surface area contributed by atoms with Crippen LogP contribution in [0.3, 0.4) is 0 Å². The van der Waals surface area contributed by atoms with Gasteiger partial charge in [0.1, 0.15) is 5.82 Å². The largest absolute Gasteiger partial charge is 0.510 e. The molecule has 0 aliphatic heterocycles. The van der Waals surface area contributed by atoms with Crippen molar-refractivity contribution in [3.05, 3.63) is 59.9 Å². The Morgan fingerprint density at radius 2 is 1.60 bits per heavy atom. The zero-order chi connectivity index (χ0) is 14.6. The molecule has 2 aromatic rings. The van der Waals surface area contributed by atoms with E-state index in [2.05, 4.69) is 10.9 Å². The van der Waals surface area contributed by atoms with E-state index in [1.807, 2.05) is 6.07 Å². The summed E-state index contributed by atoms with van der Waals surface area (Å²) in [5, 5.41) is 0. The van der Waals surface area contributed by atoms with Crippen LogP contribution in [0, 0.1) is 5.82 Å². The van der Waals surface area contributed by atoms with Crippen LogP contribution in [-0.2, 0) is 6.54 Å². The Morgan fingerprint density at radius 1 is 0.900 bits per heavy atom. The Kier molecular flexibility index (Phi) is 4.29. The summed E-state index contributed by atoms with van der Waals surface area (Å²) in [4.78, 5) is 0. The molecule has 0 fully saturated rings. The molecular weight excluding hydrogens is 271 g/mol. The van der Waals surface area contributed by atoms with E-state index in [-0.39, 0.29) is 12.1 Å². The molecule has 0 unspecified atom stereocenters. The maximum atomic E-state index is 13.5. The molecule has 0 radical (unpaired) electrons. The summed E-state index contributed by atoms with van der Waals surface area (Å²) in [6.45, 7) is -5.50. The van der Waals surface area contributed by atoms with Gasteiger partial charge in [0.05, 0.1) is 0 Å². The van der Waals surface area contributed by atoms with Crippen LogP contribution < -0.4 is 16.3 Å². The number of hydrogen-bond donors (Lipinski definition) is 2. The van der Waals surface area contributed by atoms with E-state index in [1.54, 1.807) is 24.3 Å². The number of anilines is 1. The highest BCUT2D eigenvalue weighted by Crippen LogP contribution is 2.15. The Labute approximate surface area is 113 Å². The summed E-state index contributed by atoms with van der Waals surface area (Å²) in [6.07, 6.45) is 0. The lowest BCUT2D eigenvalue weighted by Gasteiger charge is -2.20. The molecule has 106 valence electrons. The number of nitrogens with one attached hydrogen (secondary N) is 2. The number of hydrogen-bond acceptors (Lipinski definition) is 2. The van der Waals surface area contributed by atoms with Crippen LogP contribution in [0.2, 0.25) is 0 Å². The number of rotatable bonds is 5. The van der Waals surface area contributed by atoms with Crippen LogP contribution in [0.4, 0.5) is 23.0 Å². The van der Waals surface area contributed by atoms with Crippen molar-refractivity contribution in [3.8, 4) is 0 Å². The van der Waals surface area contributed by atoms with Crippen molar-refractivity contribution in [1.82, 2.24) is 5.43 Å². The summed E-state index contributed by atoms with van der Waals surface area (Å²) in [5.41, 5.74) is 4.70. The SMILES string of the molecule is Fc1cccc([B-](F)(F)F)c1CNNc1ccccc1. The minimum atomic E-state index is -5.24. The molecule has 7 heteroatoms. The quantitative estimate of drug-likeness (QED) is 0.501. The third kappa shape index (κ3) is 3.51. The van der Waals surface area contributed by atoms with Crippen LogP contribution in [0.5, 0.6) is 0 Å². The van der Waals surface area contributed by atoms with Gasteiger partial charge in [0, 0.05) is 12.2 Å². The second-order valence-electron chi connectivity index (χ2n) is 4.23. The van der Waals surface area contributed by atoms with E-state index >= 15 is 0 Å². The van der Waals surface area contributed by atoms with Crippen LogP contribution >= 0.6 is 0 Å². The summed E-state index contributed by atoms with van der Waals surface area (Å²) < 4.78 is 52.0. The standard InChI is InChI=1S/C13H12BF4N2/c15-13-8-4-7-12(14(16,17)18)11(13)9-19-20-10-5-2-1-3-6-10/h1-8,19-20H,9H2/q-1. The average molecular weight is 283 g/mol. The molecule has 0 aliphatic carbocycles. The molecule has 0 bridgehead atoms. The zero-order valence-electron chi connectivity index (χ0n) is 10.4. The highest BCUT2D eigenvalue weighted by molar-refractivity contribution is 6.74. The fourth-order valence-corrected chi connectivity index (χ4v) is 1.82. The molecule has 0 amide bonds. The smallest absolute Gasteiger partial charge is 0.445 e. The number of hydrazine groups is 1. The molecule has 0 aliphatic rings. The van der Waals surface area contributed by atoms with E-state index in [4.69, 9.17) is 0 Å². The first-order chi connectivity index (χ1) is 9.48. The molecule has 2 aromatic carbocycles. The predicted molar refractivity (Wildman–Crippen MR) is 72.0 cm³/mol. The Balaban J connectivity index is 2.10. The molecule has 0 heterocycles. The fourth-order valence-electron chi connectivity index (χ4n) is 1.82. The first-order valence-corrected chi connectivity index (χ1v) is 5.99. The highest BCUT2D eigenvalue weighted by Gasteiger charge is 2.29. The molecule has 0 aromatic heterocycles. The van der Waals surface area contributed by atoms with E-state index in [1.165, 1.54) is 0 Å². The zero-order valence-corrected chi connectivity index (χ0v) is 10.4. The van der Waals surface area contributed by atoms with Crippen molar-refractivity contribution in [3.63, 3.8) is 0 Å². The summed E-state index contributed by atoms with van der Waals surface area (Å²) in [7, 11) is 0. The van der Waals surface area contributed by atoms with Crippen LogP contribution in [0.1, 0.15) is 5.56 Å². The molecule has 2 nitrogen and oxygen atoms in total. The van der Waals surface area contributed by atoms with Gasteiger partial charge in [-0.1, -0.05) is 30.3 Å². The Morgan fingerprint density at radius 3 is 2.25 bits per heavy atom.